The Kier molecular flexibility index (Phi) is 4.31. The summed E-state index contributed by atoms with van der Waals surface area (Å²) < 4.78 is 11.1. The first-order valence-electron chi connectivity index (χ1n) is 5.46. The maximum absolute atomic E-state index is 9.55. The minimum Gasteiger partial charge on any atom is -0.414 e. The molecule has 0 bridgehead atoms. The Labute approximate surface area is 92.3 Å². The number of hydrogen-bond acceptors (Lipinski definition) is 4. The Balaban J connectivity index is 2.38. The van der Waals surface area contributed by atoms with Crippen molar-refractivity contribution in [1.29, 1.82) is 0 Å². The van der Waals surface area contributed by atoms with Gasteiger partial charge in [0.05, 0.1) is 13.2 Å². The average Bonchev–Trinajstić information content (AvgIpc) is 2.45. The van der Waals surface area contributed by atoms with Gasteiger partial charge >= 0.3 is 0 Å². The van der Waals surface area contributed by atoms with Crippen molar-refractivity contribution in [3.63, 3.8) is 0 Å². The summed E-state index contributed by atoms with van der Waals surface area (Å²) in [6, 6.07) is 0. The SMILES string of the molecule is CC(C)[Si](C)(C)OCC1OCC(O)C1O. The molecule has 3 unspecified atom stereocenters. The zero-order valence-corrected chi connectivity index (χ0v) is 10.9. The van der Waals surface area contributed by atoms with Crippen molar-refractivity contribution in [2.75, 3.05) is 13.2 Å². The van der Waals surface area contributed by atoms with Gasteiger partial charge in [-0.2, -0.15) is 0 Å². The highest BCUT2D eigenvalue weighted by atomic mass is 28.4. The fraction of sp³-hybridized carbons (Fsp3) is 1.00. The van der Waals surface area contributed by atoms with Crippen molar-refractivity contribution in [3.05, 3.63) is 0 Å². The zero-order valence-electron chi connectivity index (χ0n) is 9.93. The normalized spacial score (nSPS) is 32.6. The first kappa shape index (κ1) is 13.1. The van der Waals surface area contributed by atoms with Crippen LogP contribution in [0.2, 0.25) is 18.6 Å². The standard InChI is InChI=1S/C10H22O4Si/c1-7(2)15(3,4)14-6-9-10(12)8(11)5-13-9/h7-12H,5-6H2,1-4H3. The van der Waals surface area contributed by atoms with Gasteiger partial charge in [-0.3, -0.25) is 0 Å². The molecule has 3 atom stereocenters. The Morgan fingerprint density at radius 1 is 1.40 bits per heavy atom. The van der Waals surface area contributed by atoms with E-state index >= 15 is 0 Å². The van der Waals surface area contributed by atoms with Gasteiger partial charge in [0, 0.05) is 0 Å². The third-order valence-electron chi connectivity index (χ3n) is 3.27. The van der Waals surface area contributed by atoms with E-state index in [1.54, 1.807) is 0 Å². The summed E-state index contributed by atoms with van der Waals surface area (Å²) in [5.74, 6) is 0. The van der Waals surface area contributed by atoms with Crippen LogP contribution in [0.25, 0.3) is 0 Å². The van der Waals surface area contributed by atoms with Gasteiger partial charge < -0.3 is 19.4 Å². The van der Waals surface area contributed by atoms with Crippen molar-refractivity contribution in [1.82, 2.24) is 0 Å². The topological polar surface area (TPSA) is 58.9 Å². The largest absolute Gasteiger partial charge is 0.414 e. The lowest BCUT2D eigenvalue weighted by Crippen LogP contribution is -2.40. The third kappa shape index (κ3) is 3.25. The van der Waals surface area contributed by atoms with Crippen LogP contribution in [-0.2, 0) is 9.16 Å². The van der Waals surface area contributed by atoms with Crippen molar-refractivity contribution in [2.24, 2.45) is 0 Å². The summed E-state index contributed by atoms with van der Waals surface area (Å²) in [7, 11) is -1.67. The highest BCUT2D eigenvalue weighted by Gasteiger charge is 2.36. The molecule has 5 heteroatoms. The summed E-state index contributed by atoms with van der Waals surface area (Å²) in [5.41, 5.74) is 0.529. The molecule has 1 saturated heterocycles. The predicted octanol–water partition coefficient (Wildman–Crippen LogP) is 0.739. The van der Waals surface area contributed by atoms with E-state index in [1.807, 2.05) is 0 Å². The molecular formula is C10H22O4Si. The Hall–Kier alpha value is 0.0569. The smallest absolute Gasteiger partial charge is 0.189 e. The van der Waals surface area contributed by atoms with E-state index in [-0.39, 0.29) is 12.7 Å². The first-order valence-corrected chi connectivity index (χ1v) is 8.45. The minimum atomic E-state index is -1.67. The number of ether oxygens (including phenoxy) is 1. The molecule has 0 saturated carbocycles. The van der Waals surface area contributed by atoms with Crippen molar-refractivity contribution in [3.8, 4) is 0 Å². The molecule has 4 nitrogen and oxygen atoms in total. The van der Waals surface area contributed by atoms with Gasteiger partial charge in [-0.15, -0.1) is 0 Å². The third-order valence-corrected chi connectivity index (χ3v) is 6.96. The molecule has 1 fully saturated rings. The van der Waals surface area contributed by atoms with Crippen molar-refractivity contribution >= 4 is 8.32 Å². The molecular weight excluding hydrogens is 212 g/mol. The van der Waals surface area contributed by atoms with Crippen LogP contribution in [0, 0.1) is 0 Å². The van der Waals surface area contributed by atoms with Gasteiger partial charge in [-0.05, 0) is 18.6 Å². The van der Waals surface area contributed by atoms with Crippen LogP contribution in [0.3, 0.4) is 0 Å². The van der Waals surface area contributed by atoms with Crippen LogP contribution >= 0.6 is 0 Å². The highest BCUT2D eigenvalue weighted by molar-refractivity contribution is 6.72. The van der Waals surface area contributed by atoms with E-state index in [2.05, 4.69) is 26.9 Å². The molecule has 0 aliphatic carbocycles. The summed E-state index contributed by atoms with van der Waals surface area (Å²) >= 11 is 0. The van der Waals surface area contributed by atoms with Crippen LogP contribution in [-0.4, -0.2) is 50.1 Å². The molecule has 0 spiro atoms. The molecule has 0 radical (unpaired) electrons. The van der Waals surface area contributed by atoms with Gasteiger partial charge in [0.2, 0.25) is 0 Å². The number of hydrogen-bond donors (Lipinski definition) is 2. The van der Waals surface area contributed by atoms with Gasteiger partial charge in [-0.1, -0.05) is 13.8 Å². The van der Waals surface area contributed by atoms with E-state index < -0.39 is 20.5 Å². The lowest BCUT2D eigenvalue weighted by atomic mass is 10.2. The lowest BCUT2D eigenvalue weighted by molar-refractivity contribution is -0.00234. The maximum atomic E-state index is 9.55. The molecule has 0 aromatic carbocycles. The summed E-state index contributed by atoms with van der Waals surface area (Å²) in [5, 5.41) is 18.8. The molecule has 15 heavy (non-hydrogen) atoms. The van der Waals surface area contributed by atoms with Gasteiger partial charge in [-0.25, -0.2) is 0 Å². The molecule has 1 rings (SSSR count). The second kappa shape index (κ2) is 4.93. The second-order valence-electron chi connectivity index (χ2n) is 5.00. The van der Waals surface area contributed by atoms with Crippen LogP contribution in [0.1, 0.15) is 13.8 Å². The van der Waals surface area contributed by atoms with Crippen LogP contribution < -0.4 is 0 Å². The van der Waals surface area contributed by atoms with Gasteiger partial charge in [0.25, 0.3) is 0 Å². The first-order chi connectivity index (χ1) is 6.84. The highest BCUT2D eigenvalue weighted by Crippen LogP contribution is 2.23. The van der Waals surface area contributed by atoms with Crippen LogP contribution in [0.4, 0.5) is 0 Å². The molecule has 1 aliphatic rings. The summed E-state index contributed by atoms with van der Waals surface area (Å²) in [6.45, 7) is 9.18. The molecule has 0 amide bonds. The molecule has 1 heterocycles. The Morgan fingerprint density at radius 3 is 2.40 bits per heavy atom. The zero-order chi connectivity index (χ0) is 11.6. The maximum Gasteiger partial charge on any atom is 0.189 e. The summed E-state index contributed by atoms with van der Waals surface area (Å²) in [4.78, 5) is 0. The average molecular weight is 234 g/mol. The van der Waals surface area contributed by atoms with E-state index in [4.69, 9.17) is 9.16 Å². The second-order valence-corrected chi connectivity index (χ2v) is 9.65. The van der Waals surface area contributed by atoms with Gasteiger partial charge in [0.15, 0.2) is 8.32 Å². The molecule has 0 aromatic heterocycles. The van der Waals surface area contributed by atoms with E-state index in [9.17, 15) is 10.2 Å². The minimum absolute atomic E-state index is 0.207. The molecule has 1 aliphatic heterocycles. The summed E-state index contributed by atoms with van der Waals surface area (Å²) in [6.07, 6.45) is -1.94. The number of aliphatic hydroxyl groups excluding tert-OH is 2. The van der Waals surface area contributed by atoms with Crippen molar-refractivity contribution < 1.29 is 19.4 Å². The van der Waals surface area contributed by atoms with E-state index in [0.29, 0.717) is 12.1 Å². The molecule has 90 valence electrons. The van der Waals surface area contributed by atoms with Crippen molar-refractivity contribution in [2.45, 2.75) is 50.8 Å². The van der Waals surface area contributed by atoms with E-state index in [1.165, 1.54) is 0 Å². The van der Waals surface area contributed by atoms with E-state index in [0.717, 1.165) is 0 Å². The molecule has 0 aromatic rings. The fourth-order valence-electron chi connectivity index (χ4n) is 1.28. The quantitative estimate of drug-likeness (QED) is 0.704. The van der Waals surface area contributed by atoms with Crippen LogP contribution in [0.15, 0.2) is 0 Å². The number of aliphatic hydroxyl groups is 2. The Morgan fingerprint density at radius 2 is 2.00 bits per heavy atom. The lowest BCUT2D eigenvalue weighted by Gasteiger charge is -2.28. The van der Waals surface area contributed by atoms with Gasteiger partial charge in [0.1, 0.15) is 18.3 Å². The van der Waals surface area contributed by atoms with Crippen LogP contribution in [0.5, 0.6) is 0 Å². The monoisotopic (exact) mass is 234 g/mol. The fourth-order valence-corrected chi connectivity index (χ4v) is 2.20. The Bertz CT molecular complexity index is 208. The predicted molar refractivity (Wildman–Crippen MR) is 60.3 cm³/mol. The number of rotatable bonds is 4. The molecule has 2 N–H and O–H groups in total.